The minimum absolute atomic E-state index is 0.0228. The highest BCUT2D eigenvalue weighted by atomic mass is 32.2. The molecule has 38 heavy (non-hydrogen) atoms. The Balaban J connectivity index is 0.000000905. The van der Waals surface area contributed by atoms with Crippen molar-refractivity contribution in [3.05, 3.63) is 52.4 Å². The molecule has 0 fully saturated rings. The number of guanidine groups is 1. The van der Waals surface area contributed by atoms with Gasteiger partial charge < -0.3 is 21.3 Å². The second-order valence-corrected chi connectivity index (χ2v) is 8.90. The molecule has 210 valence electrons. The van der Waals surface area contributed by atoms with Gasteiger partial charge in [0.15, 0.2) is 0 Å². The maximum atomic E-state index is 13.0. The molecule has 0 bridgehead atoms. The first-order valence-corrected chi connectivity index (χ1v) is 11.7. The van der Waals surface area contributed by atoms with Gasteiger partial charge in [-0.1, -0.05) is 0 Å². The number of nitrogens with two attached hydrogens (primary N) is 2. The predicted molar refractivity (Wildman–Crippen MR) is 127 cm³/mol. The van der Waals surface area contributed by atoms with Crippen molar-refractivity contribution in [2.75, 3.05) is 18.4 Å². The number of pyridine rings is 1. The van der Waals surface area contributed by atoms with Crippen LogP contribution in [0.5, 0.6) is 5.75 Å². The highest BCUT2D eigenvalue weighted by Gasteiger charge is 2.38. The molecule has 0 saturated carbocycles. The Hall–Kier alpha value is -4.32. The van der Waals surface area contributed by atoms with Crippen molar-refractivity contribution >= 4 is 33.5 Å². The SMILES string of the molecule is COc1ccc(S(=O)(=O)Nc2ccc(C)n(C(CCONC(=N)N)C(N)=O)c2=O)cc1.O=C(O)C(F)(F)F. The minimum atomic E-state index is -5.08. The van der Waals surface area contributed by atoms with E-state index in [0.29, 0.717) is 11.4 Å². The lowest BCUT2D eigenvalue weighted by atomic mass is 10.1. The summed E-state index contributed by atoms with van der Waals surface area (Å²) in [6, 6.07) is 7.28. The summed E-state index contributed by atoms with van der Waals surface area (Å²) in [5, 5.41) is 14.1. The lowest BCUT2D eigenvalue weighted by Crippen LogP contribution is -2.38. The smallest absolute Gasteiger partial charge is 0.490 e. The third-order valence-electron chi connectivity index (χ3n) is 4.49. The van der Waals surface area contributed by atoms with Crippen molar-refractivity contribution in [1.82, 2.24) is 10.0 Å². The average Bonchev–Trinajstić information content (AvgIpc) is 2.81. The van der Waals surface area contributed by atoms with Gasteiger partial charge in [0.1, 0.15) is 17.5 Å². The third-order valence-corrected chi connectivity index (χ3v) is 5.87. The van der Waals surface area contributed by atoms with Gasteiger partial charge in [0.25, 0.3) is 15.6 Å². The number of methoxy groups -OCH3 is 1. The van der Waals surface area contributed by atoms with Crippen LogP contribution in [0.15, 0.2) is 46.1 Å². The number of halogens is 3. The number of nitrogens with zero attached hydrogens (tertiary/aromatic N) is 1. The van der Waals surface area contributed by atoms with E-state index in [1.807, 2.05) is 0 Å². The van der Waals surface area contributed by atoms with Crippen molar-refractivity contribution in [2.24, 2.45) is 11.5 Å². The zero-order valence-corrected chi connectivity index (χ0v) is 20.7. The van der Waals surface area contributed by atoms with Gasteiger partial charge in [-0.05, 0) is 43.3 Å². The van der Waals surface area contributed by atoms with E-state index in [-0.39, 0.29) is 23.6 Å². The number of hydrogen-bond acceptors (Lipinski definition) is 8. The molecule has 0 aliphatic heterocycles. The fourth-order valence-electron chi connectivity index (χ4n) is 2.77. The Morgan fingerprint density at radius 2 is 1.71 bits per heavy atom. The van der Waals surface area contributed by atoms with E-state index in [4.69, 9.17) is 36.4 Å². The largest absolute Gasteiger partial charge is 0.497 e. The summed E-state index contributed by atoms with van der Waals surface area (Å²) < 4.78 is 65.4. The number of alkyl halides is 3. The molecule has 0 saturated heterocycles. The number of aliphatic carboxylic acids is 1. The quantitative estimate of drug-likeness (QED) is 0.100. The number of aryl methyl sites for hydroxylation is 1. The standard InChI is InChI=1S/C18H24N6O6S.C2HF3O2/c1-11-3-8-14(23-31(27,28)13-6-4-12(29-2)5-7-13)17(26)24(11)15(16(19)25)9-10-30-22-18(20)21;3-2(4,5)1(6)7/h3-8,15,23H,9-10H2,1-2H3,(H2,19,25)(H4,20,21,22);(H,6,7). The number of amides is 1. The number of hydroxylamine groups is 1. The highest BCUT2D eigenvalue weighted by molar-refractivity contribution is 7.92. The fraction of sp³-hybridized carbons (Fsp3) is 0.300. The van der Waals surface area contributed by atoms with Gasteiger partial charge >= 0.3 is 12.1 Å². The molecule has 1 aromatic carbocycles. The zero-order valence-electron chi connectivity index (χ0n) is 19.9. The molecule has 2 rings (SSSR count). The third kappa shape index (κ3) is 9.28. The molecule has 8 N–H and O–H groups in total. The van der Waals surface area contributed by atoms with Gasteiger partial charge in [0.05, 0.1) is 18.6 Å². The number of carbonyl (C=O) groups excluding carboxylic acids is 1. The molecule has 18 heteroatoms. The Kier molecular flexibility index (Phi) is 11.1. The summed E-state index contributed by atoms with van der Waals surface area (Å²) in [5.74, 6) is -3.53. The van der Waals surface area contributed by atoms with E-state index >= 15 is 0 Å². The van der Waals surface area contributed by atoms with Gasteiger partial charge in [0.2, 0.25) is 11.9 Å². The van der Waals surface area contributed by atoms with Crippen LogP contribution < -0.4 is 32.0 Å². The number of anilines is 1. The molecule has 1 amide bonds. The van der Waals surface area contributed by atoms with Gasteiger partial charge in [-0.25, -0.2) is 18.7 Å². The summed E-state index contributed by atoms with van der Waals surface area (Å²) in [5.41, 5.74) is 12.0. The van der Waals surface area contributed by atoms with Crippen LogP contribution in [0, 0.1) is 12.3 Å². The number of ether oxygens (including phenoxy) is 1. The Labute approximate surface area is 213 Å². The Morgan fingerprint density at radius 1 is 1.16 bits per heavy atom. The molecule has 1 unspecified atom stereocenters. The molecule has 2 aromatic rings. The lowest BCUT2D eigenvalue weighted by molar-refractivity contribution is -0.192. The Bertz CT molecular complexity index is 1310. The second kappa shape index (κ2) is 13.3. The zero-order chi connectivity index (χ0) is 29.3. The first kappa shape index (κ1) is 31.7. The van der Waals surface area contributed by atoms with E-state index in [1.54, 1.807) is 6.92 Å². The highest BCUT2D eigenvalue weighted by Crippen LogP contribution is 2.19. The van der Waals surface area contributed by atoms with Crippen LogP contribution in [0.25, 0.3) is 0 Å². The molecule has 0 aliphatic carbocycles. The van der Waals surface area contributed by atoms with Crippen LogP contribution in [-0.4, -0.2) is 55.8 Å². The van der Waals surface area contributed by atoms with Crippen LogP contribution in [-0.2, 0) is 24.4 Å². The van der Waals surface area contributed by atoms with Crippen LogP contribution in [0.1, 0.15) is 18.2 Å². The first-order chi connectivity index (χ1) is 17.5. The summed E-state index contributed by atoms with van der Waals surface area (Å²) in [4.78, 5) is 38.7. The van der Waals surface area contributed by atoms with Crippen LogP contribution >= 0.6 is 0 Å². The van der Waals surface area contributed by atoms with Crippen molar-refractivity contribution in [3.63, 3.8) is 0 Å². The van der Waals surface area contributed by atoms with Crippen molar-refractivity contribution < 1.29 is 45.9 Å². The number of carbonyl (C=O) groups is 2. The molecular formula is C20H25F3N6O8S. The summed E-state index contributed by atoms with van der Waals surface area (Å²) in [6.07, 6.45) is -5.11. The molecule has 1 heterocycles. The predicted octanol–water partition coefficient (Wildman–Crippen LogP) is 0.431. The number of rotatable bonds is 10. The minimum Gasteiger partial charge on any atom is -0.497 e. The molecular weight excluding hydrogens is 541 g/mol. The molecule has 0 spiro atoms. The lowest BCUT2D eigenvalue weighted by Gasteiger charge is -2.20. The number of nitrogens with one attached hydrogen (secondary N) is 3. The fourth-order valence-corrected chi connectivity index (χ4v) is 3.82. The summed E-state index contributed by atoms with van der Waals surface area (Å²) in [6.45, 7) is 1.48. The number of sulfonamides is 1. The van der Waals surface area contributed by atoms with Crippen molar-refractivity contribution in [3.8, 4) is 5.75 Å². The molecule has 1 aromatic heterocycles. The van der Waals surface area contributed by atoms with E-state index < -0.39 is 45.6 Å². The topological polar surface area (TPSA) is 229 Å². The van der Waals surface area contributed by atoms with E-state index in [2.05, 4.69) is 10.2 Å². The van der Waals surface area contributed by atoms with E-state index in [0.717, 1.165) is 4.57 Å². The maximum Gasteiger partial charge on any atom is 0.490 e. The van der Waals surface area contributed by atoms with Gasteiger partial charge in [0, 0.05) is 12.1 Å². The number of benzene rings is 1. The van der Waals surface area contributed by atoms with Gasteiger partial charge in [-0.2, -0.15) is 13.2 Å². The van der Waals surface area contributed by atoms with E-state index in [1.165, 1.54) is 43.5 Å². The molecule has 1 atom stereocenters. The monoisotopic (exact) mass is 566 g/mol. The Morgan fingerprint density at radius 3 is 2.16 bits per heavy atom. The maximum absolute atomic E-state index is 13.0. The van der Waals surface area contributed by atoms with Crippen LogP contribution in [0.4, 0.5) is 18.9 Å². The van der Waals surface area contributed by atoms with Crippen molar-refractivity contribution in [1.29, 1.82) is 5.41 Å². The first-order valence-electron chi connectivity index (χ1n) is 10.2. The van der Waals surface area contributed by atoms with Gasteiger partial charge in [-0.15, -0.1) is 0 Å². The average molecular weight is 567 g/mol. The number of carboxylic acids is 1. The summed E-state index contributed by atoms with van der Waals surface area (Å²) >= 11 is 0. The van der Waals surface area contributed by atoms with E-state index in [9.17, 15) is 31.2 Å². The number of aromatic nitrogens is 1. The second-order valence-electron chi connectivity index (χ2n) is 7.22. The molecule has 14 nitrogen and oxygen atoms in total. The summed E-state index contributed by atoms with van der Waals surface area (Å²) in [7, 11) is -2.62. The number of hydrogen-bond donors (Lipinski definition) is 6. The van der Waals surface area contributed by atoms with Crippen LogP contribution in [0.2, 0.25) is 0 Å². The number of primary amides is 1. The van der Waals surface area contributed by atoms with Gasteiger partial charge in [-0.3, -0.25) is 29.1 Å². The van der Waals surface area contributed by atoms with Crippen molar-refractivity contribution in [2.45, 2.75) is 30.5 Å². The van der Waals surface area contributed by atoms with Crippen LogP contribution in [0.3, 0.4) is 0 Å². The normalized spacial score (nSPS) is 11.9. The molecule has 0 radical (unpaired) electrons. The number of carboxylic acid groups (broad SMARTS) is 1. The molecule has 0 aliphatic rings.